The van der Waals surface area contributed by atoms with Crippen molar-refractivity contribution >= 4 is 46.8 Å². The van der Waals surface area contributed by atoms with Gasteiger partial charge in [0.2, 0.25) is 5.91 Å². The Morgan fingerprint density at radius 2 is 1.75 bits per heavy atom. The number of carbonyl (C=O) groups is 2. The van der Waals surface area contributed by atoms with Gasteiger partial charge in [-0.05, 0) is 62.9 Å². The molecule has 1 aromatic carbocycles. The van der Waals surface area contributed by atoms with Crippen LogP contribution in [0.3, 0.4) is 0 Å². The molecule has 3 fully saturated rings. The molecule has 3 aliphatic rings. The average Bonchev–Trinajstić information content (AvgIpc) is 3.25. The topological polar surface area (TPSA) is 52.7 Å². The monoisotopic (exact) mass is 497 g/mol. The van der Waals surface area contributed by atoms with Gasteiger partial charge in [-0.3, -0.25) is 9.59 Å². The van der Waals surface area contributed by atoms with Crippen LogP contribution in [-0.2, 0) is 4.79 Å². The summed E-state index contributed by atoms with van der Waals surface area (Å²) in [5, 5.41) is 3.97. The molecule has 1 aliphatic carbocycles. The molecule has 2 heterocycles. The lowest BCUT2D eigenvalue weighted by Gasteiger charge is -2.35. The normalized spacial score (nSPS) is 25.1. The second-order valence-corrected chi connectivity index (χ2v) is 11.2. The first-order valence-electron chi connectivity index (χ1n) is 11.9. The summed E-state index contributed by atoms with van der Waals surface area (Å²) >= 11 is 14.2. The van der Waals surface area contributed by atoms with Crippen LogP contribution in [0.1, 0.15) is 61.7 Å². The highest BCUT2D eigenvalue weighted by molar-refractivity contribution is 8.00. The molecule has 2 unspecified atom stereocenters. The number of likely N-dealkylation sites (tertiary alicyclic amines) is 1. The van der Waals surface area contributed by atoms with Gasteiger partial charge in [0.15, 0.2) is 0 Å². The number of halogens is 2. The van der Waals surface area contributed by atoms with Crippen LogP contribution in [0.25, 0.3) is 0 Å². The molecule has 2 saturated heterocycles. The zero-order valence-corrected chi connectivity index (χ0v) is 20.9. The van der Waals surface area contributed by atoms with E-state index in [0.29, 0.717) is 33.8 Å². The molecule has 0 spiro atoms. The number of nitrogens with one attached hydrogen (secondary N) is 1. The van der Waals surface area contributed by atoms with Gasteiger partial charge in [-0.2, -0.15) is 0 Å². The fraction of sp³-hybridized carbons (Fsp3) is 0.667. The van der Waals surface area contributed by atoms with E-state index in [1.807, 2.05) is 4.90 Å². The number of piperidine rings is 1. The van der Waals surface area contributed by atoms with E-state index in [0.717, 1.165) is 32.5 Å². The first kappa shape index (κ1) is 24.2. The van der Waals surface area contributed by atoms with E-state index in [2.05, 4.69) is 10.2 Å². The van der Waals surface area contributed by atoms with Crippen molar-refractivity contribution in [2.75, 3.05) is 31.9 Å². The summed E-state index contributed by atoms with van der Waals surface area (Å²) < 4.78 is 0. The molecule has 8 heteroatoms. The highest BCUT2D eigenvalue weighted by Crippen LogP contribution is 2.41. The van der Waals surface area contributed by atoms with Gasteiger partial charge in [-0.1, -0.05) is 48.9 Å². The minimum Gasteiger partial charge on any atom is -0.353 e. The molecule has 0 radical (unpaired) electrons. The SMILES string of the molecule is O=C(NCCN1CCCCC1)C1CSC(C2CCCCC2)N1C(=O)c1ccc(Cl)cc1Cl. The molecule has 1 saturated carbocycles. The molecule has 0 bridgehead atoms. The Kier molecular flexibility index (Phi) is 8.66. The quantitative estimate of drug-likeness (QED) is 0.596. The van der Waals surface area contributed by atoms with E-state index in [4.69, 9.17) is 23.2 Å². The predicted octanol–water partition coefficient (Wildman–Crippen LogP) is 5.06. The van der Waals surface area contributed by atoms with Crippen molar-refractivity contribution in [1.82, 2.24) is 15.1 Å². The summed E-state index contributed by atoms with van der Waals surface area (Å²) in [6, 6.07) is 4.50. The van der Waals surface area contributed by atoms with Gasteiger partial charge >= 0.3 is 0 Å². The molecule has 2 aliphatic heterocycles. The highest BCUT2D eigenvalue weighted by Gasteiger charge is 2.45. The Balaban J connectivity index is 1.47. The summed E-state index contributed by atoms with van der Waals surface area (Å²) in [6.07, 6.45) is 9.63. The third-order valence-electron chi connectivity index (χ3n) is 6.96. The predicted molar refractivity (Wildman–Crippen MR) is 133 cm³/mol. The van der Waals surface area contributed by atoms with Crippen LogP contribution in [0.5, 0.6) is 0 Å². The number of amides is 2. The van der Waals surface area contributed by atoms with Gasteiger partial charge in [0.05, 0.1) is 16.0 Å². The smallest absolute Gasteiger partial charge is 0.256 e. The summed E-state index contributed by atoms with van der Waals surface area (Å²) in [6.45, 7) is 3.71. The lowest BCUT2D eigenvalue weighted by Crippen LogP contribution is -2.52. The Labute approximate surface area is 205 Å². The minimum atomic E-state index is -0.465. The Bertz CT molecular complexity index is 812. The van der Waals surface area contributed by atoms with Gasteiger partial charge in [0.25, 0.3) is 5.91 Å². The molecule has 1 aromatic rings. The van der Waals surface area contributed by atoms with Crippen LogP contribution in [0.2, 0.25) is 10.0 Å². The van der Waals surface area contributed by atoms with Crippen LogP contribution in [0.15, 0.2) is 18.2 Å². The summed E-state index contributed by atoms with van der Waals surface area (Å²) in [7, 11) is 0. The number of carbonyl (C=O) groups excluding carboxylic acids is 2. The third-order valence-corrected chi connectivity index (χ3v) is 8.97. The number of hydrogen-bond acceptors (Lipinski definition) is 4. The fourth-order valence-electron chi connectivity index (χ4n) is 5.21. The van der Waals surface area contributed by atoms with Crippen molar-refractivity contribution in [3.8, 4) is 0 Å². The third kappa shape index (κ3) is 5.75. The number of thioether (sulfide) groups is 1. The lowest BCUT2D eigenvalue weighted by atomic mass is 9.88. The highest BCUT2D eigenvalue weighted by atomic mass is 35.5. The fourth-order valence-corrected chi connectivity index (χ4v) is 7.34. The van der Waals surface area contributed by atoms with Crippen molar-refractivity contribution in [2.45, 2.75) is 62.8 Å². The molecule has 0 aromatic heterocycles. The zero-order chi connectivity index (χ0) is 22.5. The molecule has 2 atom stereocenters. The van der Waals surface area contributed by atoms with Crippen molar-refractivity contribution in [3.63, 3.8) is 0 Å². The average molecular weight is 499 g/mol. The van der Waals surface area contributed by atoms with Crippen molar-refractivity contribution < 1.29 is 9.59 Å². The van der Waals surface area contributed by atoms with Crippen molar-refractivity contribution in [1.29, 1.82) is 0 Å². The lowest BCUT2D eigenvalue weighted by molar-refractivity contribution is -0.125. The van der Waals surface area contributed by atoms with Gasteiger partial charge in [0.1, 0.15) is 6.04 Å². The molecule has 176 valence electrons. The standard InChI is InChI=1S/C24H33Cl2N3O2S/c25-18-9-10-19(20(26)15-18)23(31)29-21(16-32-24(29)17-7-3-1-4-8-17)22(30)27-11-14-28-12-5-2-6-13-28/h9-10,15,17,21,24H,1-8,11-14,16H2,(H,27,30). The van der Waals surface area contributed by atoms with Crippen LogP contribution in [0.4, 0.5) is 0 Å². The van der Waals surface area contributed by atoms with E-state index >= 15 is 0 Å². The molecule has 2 amide bonds. The van der Waals surface area contributed by atoms with Crippen LogP contribution in [0, 0.1) is 5.92 Å². The first-order valence-corrected chi connectivity index (χ1v) is 13.7. The summed E-state index contributed by atoms with van der Waals surface area (Å²) in [4.78, 5) is 31.1. The van der Waals surface area contributed by atoms with E-state index in [9.17, 15) is 9.59 Å². The van der Waals surface area contributed by atoms with Gasteiger partial charge in [-0.25, -0.2) is 0 Å². The van der Waals surface area contributed by atoms with E-state index < -0.39 is 6.04 Å². The Morgan fingerprint density at radius 1 is 1.03 bits per heavy atom. The Morgan fingerprint density at radius 3 is 2.47 bits per heavy atom. The van der Waals surface area contributed by atoms with E-state index in [1.54, 1.807) is 30.0 Å². The first-order chi connectivity index (χ1) is 15.5. The zero-order valence-electron chi connectivity index (χ0n) is 18.5. The molecule has 1 N–H and O–H groups in total. The van der Waals surface area contributed by atoms with Crippen LogP contribution < -0.4 is 5.32 Å². The van der Waals surface area contributed by atoms with E-state index in [-0.39, 0.29) is 17.2 Å². The summed E-state index contributed by atoms with van der Waals surface area (Å²) in [5.41, 5.74) is 0.422. The Hall–Kier alpha value is -0.950. The number of benzene rings is 1. The van der Waals surface area contributed by atoms with Gasteiger partial charge in [0, 0.05) is 23.9 Å². The van der Waals surface area contributed by atoms with Crippen molar-refractivity contribution in [3.05, 3.63) is 33.8 Å². The second kappa shape index (κ2) is 11.5. The van der Waals surface area contributed by atoms with Gasteiger partial charge in [-0.15, -0.1) is 11.8 Å². The number of rotatable bonds is 6. The second-order valence-electron chi connectivity index (χ2n) is 9.17. The van der Waals surface area contributed by atoms with Gasteiger partial charge < -0.3 is 15.1 Å². The van der Waals surface area contributed by atoms with Crippen molar-refractivity contribution in [2.24, 2.45) is 5.92 Å². The molecular formula is C24H33Cl2N3O2S. The number of nitrogens with zero attached hydrogens (tertiary/aromatic N) is 2. The van der Waals surface area contributed by atoms with Crippen LogP contribution >= 0.6 is 35.0 Å². The molecule has 5 nitrogen and oxygen atoms in total. The maximum Gasteiger partial charge on any atom is 0.256 e. The molecule has 32 heavy (non-hydrogen) atoms. The number of hydrogen-bond donors (Lipinski definition) is 1. The molecular weight excluding hydrogens is 465 g/mol. The largest absolute Gasteiger partial charge is 0.353 e. The van der Waals surface area contributed by atoms with E-state index in [1.165, 1.54) is 38.5 Å². The van der Waals surface area contributed by atoms with Crippen LogP contribution in [-0.4, -0.2) is 65.0 Å². The molecule has 4 rings (SSSR count). The maximum absolute atomic E-state index is 13.7. The summed E-state index contributed by atoms with van der Waals surface area (Å²) in [5.74, 6) is 0.845. The minimum absolute atomic E-state index is 0.0207. The maximum atomic E-state index is 13.7.